The van der Waals surface area contributed by atoms with Gasteiger partial charge in [0.1, 0.15) is 11.5 Å². The number of nitrogens with one attached hydrogen (secondary N) is 1. The highest BCUT2D eigenvalue weighted by Gasteiger charge is 2.18. The summed E-state index contributed by atoms with van der Waals surface area (Å²) >= 11 is 0. The highest BCUT2D eigenvalue weighted by Crippen LogP contribution is 2.34. The van der Waals surface area contributed by atoms with E-state index in [1.165, 1.54) is 5.56 Å². The Hall–Kier alpha value is -2.00. The minimum Gasteiger partial charge on any atom is -0.507 e. The lowest BCUT2D eigenvalue weighted by Crippen LogP contribution is -2.23. The molecule has 0 aliphatic carbocycles. The van der Waals surface area contributed by atoms with E-state index in [9.17, 15) is 5.11 Å². The molecule has 0 radical (unpaired) electrons. The van der Waals surface area contributed by atoms with Crippen LogP contribution in [0.3, 0.4) is 0 Å². The van der Waals surface area contributed by atoms with E-state index in [1.807, 2.05) is 31.2 Å². The van der Waals surface area contributed by atoms with Crippen molar-refractivity contribution in [2.75, 3.05) is 7.11 Å². The van der Waals surface area contributed by atoms with E-state index in [1.54, 1.807) is 19.2 Å². The molecular formula is C17H21NO2. The van der Waals surface area contributed by atoms with Crippen molar-refractivity contribution in [2.45, 2.75) is 25.9 Å². The van der Waals surface area contributed by atoms with Gasteiger partial charge in [0.05, 0.1) is 12.7 Å². The zero-order chi connectivity index (χ0) is 14.5. The molecule has 20 heavy (non-hydrogen) atoms. The van der Waals surface area contributed by atoms with Gasteiger partial charge in [-0.3, -0.25) is 0 Å². The number of aromatic hydroxyl groups is 1. The van der Waals surface area contributed by atoms with E-state index in [-0.39, 0.29) is 17.8 Å². The van der Waals surface area contributed by atoms with Crippen molar-refractivity contribution in [1.82, 2.24) is 5.32 Å². The molecule has 3 heteroatoms. The van der Waals surface area contributed by atoms with Crippen molar-refractivity contribution >= 4 is 0 Å². The Kier molecular flexibility index (Phi) is 4.64. The first-order valence-corrected chi connectivity index (χ1v) is 6.80. The highest BCUT2D eigenvalue weighted by atomic mass is 16.5. The van der Waals surface area contributed by atoms with Crippen LogP contribution in [0.15, 0.2) is 48.5 Å². The molecule has 0 aromatic heterocycles. The zero-order valence-corrected chi connectivity index (χ0v) is 12.1. The summed E-state index contributed by atoms with van der Waals surface area (Å²) in [5, 5.41) is 13.5. The van der Waals surface area contributed by atoms with Crippen LogP contribution in [0.25, 0.3) is 0 Å². The molecule has 0 fully saturated rings. The summed E-state index contributed by atoms with van der Waals surface area (Å²) in [5.74, 6) is 0.954. The third kappa shape index (κ3) is 3.11. The predicted octanol–water partition coefficient (Wildman–Crippen LogP) is 3.81. The van der Waals surface area contributed by atoms with Crippen molar-refractivity contribution in [3.8, 4) is 11.5 Å². The lowest BCUT2D eigenvalue weighted by atomic mass is 10.0. The maximum absolute atomic E-state index is 10.1. The summed E-state index contributed by atoms with van der Waals surface area (Å²) in [6.07, 6.45) is 0. The molecule has 0 spiro atoms. The molecule has 2 atom stereocenters. The van der Waals surface area contributed by atoms with Crippen LogP contribution in [-0.4, -0.2) is 12.2 Å². The van der Waals surface area contributed by atoms with Gasteiger partial charge in [0.2, 0.25) is 0 Å². The molecule has 0 aliphatic rings. The van der Waals surface area contributed by atoms with Gasteiger partial charge >= 0.3 is 0 Å². The van der Waals surface area contributed by atoms with Gasteiger partial charge in [-0.2, -0.15) is 0 Å². The maximum Gasteiger partial charge on any atom is 0.127 e. The molecular weight excluding hydrogens is 250 g/mol. The number of hydrogen-bond acceptors (Lipinski definition) is 3. The summed E-state index contributed by atoms with van der Waals surface area (Å²) in [6, 6.07) is 15.7. The van der Waals surface area contributed by atoms with Crippen LogP contribution < -0.4 is 10.1 Å². The van der Waals surface area contributed by atoms with Gasteiger partial charge in [-0.15, -0.1) is 0 Å². The van der Waals surface area contributed by atoms with Crippen molar-refractivity contribution in [1.29, 1.82) is 0 Å². The fraction of sp³-hybridized carbons (Fsp3) is 0.294. The number of phenols is 1. The van der Waals surface area contributed by atoms with Crippen LogP contribution in [-0.2, 0) is 0 Å². The van der Waals surface area contributed by atoms with Crippen LogP contribution in [0.5, 0.6) is 11.5 Å². The number of benzene rings is 2. The molecule has 2 aromatic carbocycles. The van der Waals surface area contributed by atoms with Gasteiger partial charge in [-0.05, 0) is 31.5 Å². The fourth-order valence-corrected chi connectivity index (χ4v) is 2.44. The summed E-state index contributed by atoms with van der Waals surface area (Å²) in [5.41, 5.74) is 2.01. The van der Waals surface area contributed by atoms with E-state index in [0.29, 0.717) is 5.75 Å². The third-order valence-electron chi connectivity index (χ3n) is 3.50. The van der Waals surface area contributed by atoms with Crippen LogP contribution in [0.4, 0.5) is 0 Å². The molecule has 0 amide bonds. The lowest BCUT2D eigenvalue weighted by molar-refractivity contribution is 0.381. The minimum atomic E-state index is -0.0126. The SMILES string of the molecule is COc1cccc(O)c1[C@H](C)N[C@@H](C)c1ccccc1. The third-order valence-corrected chi connectivity index (χ3v) is 3.50. The monoisotopic (exact) mass is 271 g/mol. The van der Waals surface area contributed by atoms with Gasteiger partial charge in [0, 0.05) is 12.1 Å². The molecule has 2 rings (SSSR count). The van der Waals surface area contributed by atoms with Crippen molar-refractivity contribution < 1.29 is 9.84 Å². The molecule has 2 aromatic rings. The summed E-state index contributed by atoms with van der Waals surface area (Å²) < 4.78 is 5.33. The number of methoxy groups -OCH3 is 1. The first-order valence-electron chi connectivity index (χ1n) is 6.80. The molecule has 0 saturated carbocycles. The second-order valence-electron chi connectivity index (χ2n) is 4.91. The highest BCUT2D eigenvalue weighted by molar-refractivity contribution is 5.46. The fourth-order valence-electron chi connectivity index (χ4n) is 2.44. The lowest BCUT2D eigenvalue weighted by Gasteiger charge is -2.23. The average molecular weight is 271 g/mol. The Labute approximate surface area is 120 Å². The molecule has 0 unspecified atom stereocenters. The van der Waals surface area contributed by atoms with E-state index in [4.69, 9.17) is 4.74 Å². The second kappa shape index (κ2) is 6.44. The van der Waals surface area contributed by atoms with Crippen molar-refractivity contribution in [3.63, 3.8) is 0 Å². The standard InChI is InChI=1S/C17H21NO2/c1-12(14-8-5-4-6-9-14)18-13(2)17-15(19)10-7-11-16(17)20-3/h4-13,18-19H,1-3H3/t12-,13-/m0/s1. The summed E-state index contributed by atoms with van der Waals surface area (Å²) in [6.45, 7) is 4.13. The van der Waals surface area contributed by atoms with Gasteiger partial charge < -0.3 is 15.2 Å². The Morgan fingerprint density at radius 1 is 0.950 bits per heavy atom. The Morgan fingerprint density at radius 2 is 1.65 bits per heavy atom. The predicted molar refractivity (Wildman–Crippen MR) is 81.1 cm³/mol. The Balaban J connectivity index is 2.18. The first-order chi connectivity index (χ1) is 9.63. The van der Waals surface area contributed by atoms with Gasteiger partial charge in [-0.25, -0.2) is 0 Å². The van der Waals surface area contributed by atoms with Crippen LogP contribution in [0.2, 0.25) is 0 Å². The van der Waals surface area contributed by atoms with Gasteiger partial charge in [-0.1, -0.05) is 36.4 Å². The quantitative estimate of drug-likeness (QED) is 0.868. The zero-order valence-electron chi connectivity index (χ0n) is 12.1. The summed E-state index contributed by atoms with van der Waals surface area (Å²) in [7, 11) is 1.62. The van der Waals surface area contributed by atoms with E-state index < -0.39 is 0 Å². The largest absolute Gasteiger partial charge is 0.507 e. The average Bonchev–Trinajstić information content (AvgIpc) is 2.47. The van der Waals surface area contributed by atoms with Crippen LogP contribution in [0, 0.1) is 0 Å². The first kappa shape index (κ1) is 14.4. The molecule has 3 nitrogen and oxygen atoms in total. The van der Waals surface area contributed by atoms with E-state index in [2.05, 4.69) is 24.4 Å². The van der Waals surface area contributed by atoms with E-state index in [0.717, 1.165) is 5.56 Å². The topological polar surface area (TPSA) is 41.5 Å². The number of hydrogen-bond donors (Lipinski definition) is 2. The Bertz CT molecular complexity index is 554. The van der Waals surface area contributed by atoms with Crippen LogP contribution >= 0.6 is 0 Å². The smallest absolute Gasteiger partial charge is 0.127 e. The van der Waals surface area contributed by atoms with Gasteiger partial charge in [0.15, 0.2) is 0 Å². The second-order valence-corrected chi connectivity index (χ2v) is 4.91. The molecule has 0 heterocycles. The molecule has 0 aliphatic heterocycles. The van der Waals surface area contributed by atoms with Crippen molar-refractivity contribution in [3.05, 3.63) is 59.7 Å². The number of ether oxygens (including phenoxy) is 1. The summed E-state index contributed by atoms with van der Waals surface area (Å²) in [4.78, 5) is 0. The van der Waals surface area contributed by atoms with Gasteiger partial charge in [0.25, 0.3) is 0 Å². The molecule has 0 saturated heterocycles. The normalized spacial score (nSPS) is 13.8. The molecule has 0 bridgehead atoms. The van der Waals surface area contributed by atoms with Crippen molar-refractivity contribution in [2.24, 2.45) is 0 Å². The minimum absolute atomic E-state index is 0.0126. The number of phenolic OH excluding ortho intramolecular Hbond substituents is 1. The number of rotatable bonds is 5. The Morgan fingerprint density at radius 3 is 2.30 bits per heavy atom. The van der Waals surface area contributed by atoms with E-state index >= 15 is 0 Å². The van der Waals surface area contributed by atoms with Crippen LogP contribution in [0.1, 0.15) is 37.1 Å². The molecule has 2 N–H and O–H groups in total. The molecule has 106 valence electrons. The maximum atomic E-state index is 10.1.